The molecular formula is C12H18O. The molecule has 0 saturated heterocycles. The molecule has 2 atom stereocenters. The number of carbonyl (C=O) groups excluding carboxylic acids is 1. The molecule has 0 aromatic carbocycles. The Bertz CT molecular complexity index is 227. The van der Waals surface area contributed by atoms with E-state index in [1.54, 1.807) is 0 Å². The number of hydrogen-bond acceptors (Lipinski definition) is 1. The highest BCUT2D eigenvalue weighted by atomic mass is 16.1. The van der Waals surface area contributed by atoms with Crippen LogP contribution in [0.3, 0.4) is 0 Å². The van der Waals surface area contributed by atoms with Gasteiger partial charge in [0.2, 0.25) is 0 Å². The van der Waals surface area contributed by atoms with Gasteiger partial charge < -0.3 is 0 Å². The molecule has 0 unspecified atom stereocenters. The molecule has 2 aliphatic rings. The molecule has 0 amide bonds. The Balaban J connectivity index is 2.25. The van der Waals surface area contributed by atoms with Crippen molar-refractivity contribution in [3.63, 3.8) is 0 Å². The van der Waals surface area contributed by atoms with Crippen LogP contribution >= 0.6 is 0 Å². The third-order valence-electron chi connectivity index (χ3n) is 3.94. The number of ketones is 1. The summed E-state index contributed by atoms with van der Waals surface area (Å²) in [5, 5.41) is 0. The number of allylic oxidation sites excluding steroid dienone is 1. The Morgan fingerprint density at radius 1 is 1.31 bits per heavy atom. The summed E-state index contributed by atoms with van der Waals surface area (Å²) >= 11 is 0. The summed E-state index contributed by atoms with van der Waals surface area (Å²) in [4.78, 5) is 11.7. The van der Waals surface area contributed by atoms with E-state index >= 15 is 0 Å². The van der Waals surface area contributed by atoms with Gasteiger partial charge >= 0.3 is 0 Å². The minimum absolute atomic E-state index is 0.202. The molecule has 0 spiro atoms. The molecule has 0 aromatic heterocycles. The SMILES string of the molecule is C=C[C@@]12CCCC[C@H]1C(=O)CCC2. The molecule has 13 heavy (non-hydrogen) atoms. The second kappa shape index (κ2) is 3.28. The summed E-state index contributed by atoms with van der Waals surface area (Å²) in [6.07, 6.45) is 10.0. The predicted octanol–water partition coefficient (Wildman–Crippen LogP) is 3.10. The maximum atomic E-state index is 11.7. The molecule has 1 nitrogen and oxygen atoms in total. The Kier molecular flexibility index (Phi) is 2.27. The highest BCUT2D eigenvalue weighted by molar-refractivity contribution is 5.83. The molecule has 0 aromatic rings. The van der Waals surface area contributed by atoms with E-state index < -0.39 is 0 Å². The van der Waals surface area contributed by atoms with Crippen molar-refractivity contribution < 1.29 is 4.79 Å². The third-order valence-corrected chi connectivity index (χ3v) is 3.94. The Labute approximate surface area is 80.2 Å². The first-order valence-electron chi connectivity index (χ1n) is 5.45. The van der Waals surface area contributed by atoms with Crippen LogP contribution in [0.4, 0.5) is 0 Å². The van der Waals surface area contributed by atoms with Crippen LogP contribution in [0.25, 0.3) is 0 Å². The zero-order valence-electron chi connectivity index (χ0n) is 8.22. The third kappa shape index (κ3) is 1.34. The van der Waals surface area contributed by atoms with Crippen molar-refractivity contribution in [3.05, 3.63) is 12.7 Å². The molecule has 0 bridgehead atoms. The maximum Gasteiger partial charge on any atom is 0.136 e. The topological polar surface area (TPSA) is 17.1 Å². The number of carbonyl (C=O) groups is 1. The average Bonchev–Trinajstić information content (AvgIpc) is 2.18. The fourth-order valence-corrected chi connectivity index (χ4v) is 3.16. The summed E-state index contributed by atoms with van der Waals surface area (Å²) in [6, 6.07) is 0. The lowest BCUT2D eigenvalue weighted by molar-refractivity contribution is -0.130. The van der Waals surface area contributed by atoms with E-state index in [1.807, 2.05) is 0 Å². The normalized spacial score (nSPS) is 39.7. The van der Waals surface area contributed by atoms with E-state index in [2.05, 4.69) is 12.7 Å². The van der Waals surface area contributed by atoms with Crippen molar-refractivity contribution in [2.75, 3.05) is 0 Å². The number of fused-ring (bicyclic) bond motifs is 1. The Morgan fingerprint density at radius 2 is 2.08 bits per heavy atom. The van der Waals surface area contributed by atoms with Gasteiger partial charge in [0.15, 0.2) is 0 Å². The van der Waals surface area contributed by atoms with Gasteiger partial charge in [-0.15, -0.1) is 6.58 Å². The largest absolute Gasteiger partial charge is 0.299 e. The van der Waals surface area contributed by atoms with Gasteiger partial charge in [0, 0.05) is 12.3 Å². The van der Waals surface area contributed by atoms with Gasteiger partial charge in [-0.1, -0.05) is 18.9 Å². The van der Waals surface area contributed by atoms with Crippen LogP contribution < -0.4 is 0 Å². The van der Waals surface area contributed by atoms with Crippen LogP contribution in [0.15, 0.2) is 12.7 Å². The van der Waals surface area contributed by atoms with Crippen LogP contribution in [0.1, 0.15) is 44.9 Å². The molecule has 0 radical (unpaired) electrons. The summed E-state index contributed by atoms with van der Waals surface area (Å²) in [6.45, 7) is 3.94. The Hall–Kier alpha value is -0.590. The van der Waals surface area contributed by atoms with E-state index in [4.69, 9.17) is 0 Å². The lowest BCUT2D eigenvalue weighted by Crippen LogP contribution is -2.40. The Morgan fingerprint density at radius 3 is 2.77 bits per heavy atom. The zero-order valence-corrected chi connectivity index (χ0v) is 8.22. The fraction of sp³-hybridized carbons (Fsp3) is 0.750. The molecule has 2 aliphatic carbocycles. The van der Waals surface area contributed by atoms with Crippen LogP contribution in [0.5, 0.6) is 0 Å². The monoisotopic (exact) mass is 178 g/mol. The first kappa shape index (κ1) is 8.98. The molecule has 2 saturated carbocycles. The number of rotatable bonds is 1. The predicted molar refractivity (Wildman–Crippen MR) is 53.4 cm³/mol. The summed E-state index contributed by atoms with van der Waals surface area (Å²) in [7, 11) is 0. The fourth-order valence-electron chi connectivity index (χ4n) is 3.16. The smallest absolute Gasteiger partial charge is 0.136 e. The number of hydrogen-bond donors (Lipinski definition) is 0. The van der Waals surface area contributed by atoms with Crippen LogP contribution in [-0.4, -0.2) is 5.78 Å². The number of Topliss-reactive ketones (excluding diaryl/α,β-unsaturated/α-hetero) is 1. The highest BCUT2D eigenvalue weighted by Gasteiger charge is 2.43. The van der Waals surface area contributed by atoms with Gasteiger partial charge in [0.05, 0.1) is 0 Å². The van der Waals surface area contributed by atoms with Crippen molar-refractivity contribution in [3.8, 4) is 0 Å². The van der Waals surface area contributed by atoms with E-state index in [0.717, 1.165) is 19.3 Å². The highest BCUT2D eigenvalue weighted by Crippen LogP contribution is 2.49. The van der Waals surface area contributed by atoms with Crippen LogP contribution in [0, 0.1) is 11.3 Å². The molecule has 0 heterocycles. The second-order valence-corrected chi connectivity index (χ2v) is 4.56. The van der Waals surface area contributed by atoms with Crippen molar-refractivity contribution in [1.82, 2.24) is 0 Å². The minimum atomic E-state index is 0.202. The van der Waals surface area contributed by atoms with Gasteiger partial charge in [-0.3, -0.25) is 4.79 Å². The van der Waals surface area contributed by atoms with Gasteiger partial charge in [-0.25, -0.2) is 0 Å². The lowest BCUT2D eigenvalue weighted by Gasteiger charge is -2.44. The van der Waals surface area contributed by atoms with E-state index in [1.165, 1.54) is 25.7 Å². The maximum absolute atomic E-state index is 11.7. The van der Waals surface area contributed by atoms with E-state index in [-0.39, 0.29) is 5.41 Å². The van der Waals surface area contributed by atoms with Gasteiger partial charge in [0.1, 0.15) is 5.78 Å². The van der Waals surface area contributed by atoms with Gasteiger partial charge in [0.25, 0.3) is 0 Å². The second-order valence-electron chi connectivity index (χ2n) is 4.56. The molecule has 0 aliphatic heterocycles. The van der Waals surface area contributed by atoms with E-state index in [9.17, 15) is 4.79 Å². The first-order valence-corrected chi connectivity index (χ1v) is 5.45. The molecule has 2 rings (SSSR count). The lowest BCUT2D eigenvalue weighted by atomic mass is 9.59. The summed E-state index contributed by atoms with van der Waals surface area (Å²) in [5.41, 5.74) is 0.202. The van der Waals surface area contributed by atoms with Gasteiger partial charge in [-0.2, -0.15) is 0 Å². The summed E-state index contributed by atoms with van der Waals surface area (Å²) < 4.78 is 0. The van der Waals surface area contributed by atoms with Crippen molar-refractivity contribution in [1.29, 1.82) is 0 Å². The summed E-state index contributed by atoms with van der Waals surface area (Å²) in [5.74, 6) is 0.832. The van der Waals surface area contributed by atoms with Crippen molar-refractivity contribution >= 4 is 5.78 Å². The zero-order chi connectivity index (χ0) is 9.31. The standard InChI is InChI=1S/C12H18O/c1-2-12-8-4-3-6-10(12)11(13)7-5-9-12/h2,10H,1,3-9H2/t10-,12-/m0/s1. The minimum Gasteiger partial charge on any atom is -0.299 e. The van der Waals surface area contributed by atoms with Crippen molar-refractivity contribution in [2.45, 2.75) is 44.9 Å². The molecule has 2 fully saturated rings. The quantitative estimate of drug-likeness (QED) is 0.564. The van der Waals surface area contributed by atoms with Crippen molar-refractivity contribution in [2.24, 2.45) is 11.3 Å². The van der Waals surface area contributed by atoms with Gasteiger partial charge in [-0.05, 0) is 31.1 Å². The van der Waals surface area contributed by atoms with Crippen LogP contribution in [0.2, 0.25) is 0 Å². The molecule has 0 N–H and O–H groups in total. The molecule has 72 valence electrons. The van der Waals surface area contributed by atoms with Crippen LogP contribution in [-0.2, 0) is 4.79 Å². The first-order chi connectivity index (χ1) is 6.28. The molecule has 1 heteroatoms. The van der Waals surface area contributed by atoms with E-state index in [0.29, 0.717) is 11.7 Å². The molecular weight excluding hydrogens is 160 g/mol. The average molecular weight is 178 g/mol.